The molecule has 2 aromatic rings. The van der Waals surface area contributed by atoms with Gasteiger partial charge in [0.15, 0.2) is 0 Å². The maximum absolute atomic E-state index is 12.8. The molecule has 126 valence electrons. The van der Waals surface area contributed by atoms with E-state index >= 15 is 0 Å². The van der Waals surface area contributed by atoms with Crippen molar-refractivity contribution in [3.8, 4) is 11.3 Å². The molecule has 4 heteroatoms. The van der Waals surface area contributed by atoms with Crippen LogP contribution in [0.15, 0.2) is 42.5 Å². The first-order chi connectivity index (χ1) is 11.6. The summed E-state index contributed by atoms with van der Waals surface area (Å²) >= 11 is 0. The quantitative estimate of drug-likeness (QED) is 0.943. The first kappa shape index (κ1) is 16.7. The maximum atomic E-state index is 12.8. The van der Waals surface area contributed by atoms with Crippen LogP contribution in [0.5, 0.6) is 0 Å². The summed E-state index contributed by atoms with van der Waals surface area (Å²) in [7, 11) is 0. The topological polar surface area (TPSA) is 59.2 Å². The molecule has 1 atom stereocenters. The van der Waals surface area contributed by atoms with Crippen LogP contribution in [0.2, 0.25) is 0 Å². The van der Waals surface area contributed by atoms with Gasteiger partial charge in [-0.25, -0.2) is 0 Å². The number of aromatic nitrogens is 1. The number of rotatable bonds is 3. The smallest absolute Gasteiger partial charge is 0.255 e. The lowest BCUT2D eigenvalue weighted by Crippen LogP contribution is -2.42. The van der Waals surface area contributed by atoms with Crippen molar-refractivity contribution in [2.75, 3.05) is 13.1 Å². The summed E-state index contributed by atoms with van der Waals surface area (Å²) in [4.78, 5) is 19.4. The Balaban J connectivity index is 1.74. The Kier molecular flexibility index (Phi) is 4.95. The van der Waals surface area contributed by atoms with Crippen LogP contribution < -0.4 is 5.73 Å². The average molecular weight is 323 g/mol. The summed E-state index contributed by atoms with van der Waals surface area (Å²) in [5.74, 6) is 0.608. The van der Waals surface area contributed by atoms with E-state index < -0.39 is 0 Å². The average Bonchev–Trinajstić information content (AvgIpc) is 2.62. The zero-order valence-corrected chi connectivity index (χ0v) is 14.4. The molecule has 2 heterocycles. The van der Waals surface area contributed by atoms with Crippen molar-refractivity contribution in [3.05, 3.63) is 53.7 Å². The number of carbonyl (C=O) groups is 1. The van der Waals surface area contributed by atoms with E-state index in [0.717, 1.165) is 42.9 Å². The van der Waals surface area contributed by atoms with Gasteiger partial charge in [0.25, 0.3) is 5.91 Å². The van der Waals surface area contributed by atoms with Gasteiger partial charge in [-0.1, -0.05) is 30.3 Å². The van der Waals surface area contributed by atoms with Crippen LogP contribution in [-0.2, 0) is 0 Å². The molecule has 1 saturated heterocycles. The molecule has 1 aromatic heterocycles. The summed E-state index contributed by atoms with van der Waals surface area (Å²) in [6, 6.07) is 14.1. The first-order valence-corrected chi connectivity index (χ1v) is 8.64. The third kappa shape index (κ3) is 3.49. The molecule has 0 bridgehead atoms. The minimum Gasteiger partial charge on any atom is -0.339 e. The predicted octanol–water partition coefficient (Wildman–Crippen LogP) is 3.26. The van der Waals surface area contributed by atoms with Crippen molar-refractivity contribution >= 4 is 5.91 Å². The molecule has 1 aliphatic rings. The Labute approximate surface area is 143 Å². The van der Waals surface area contributed by atoms with E-state index in [-0.39, 0.29) is 11.9 Å². The minimum atomic E-state index is 0.0859. The number of nitrogens with two attached hydrogens (primary N) is 1. The second-order valence-corrected chi connectivity index (χ2v) is 6.68. The number of carbonyl (C=O) groups excluding carboxylic acids is 1. The highest BCUT2D eigenvalue weighted by Crippen LogP contribution is 2.23. The summed E-state index contributed by atoms with van der Waals surface area (Å²) in [5, 5.41) is 0. The lowest BCUT2D eigenvalue weighted by atomic mass is 9.90. The summed E-state index contributed by atoms with van der Waals surface area (Å²) in [6.07, 6.45) is 1.97. The maximum Gasteiger partial charge on any atom is 0.255 e. The van der Waals surface area contributed by atoms with E-state index in [1.165, 1.54) is 0 Å². The number of amides is 1. The number of likely N-dealkylation sites (tertiary alicyclic amines) is 1. The molecule has 0 saturated carbocycles. The monoisotopic (exact) mass is 323 g/mol. The van der Waals surface area contributed by atoms with Crippen LogP contribution >= 0.6 is 0 Å². The van der Waals surface area contributed by atoms with Crippen LogP contribution in [0.3, 0.4) is 0 Å². The highest BCUT2D eigenvalue weighted by molar-refractivity contribution is 5.95. The van der Waals surface area contributed by atoms with Crippen LogP contribution in [-0.4, -0.2) is 34.9 Å². The lowest BCUT2D eigenvalue weighted by molar-refractivity contribution is 0.0680. The second kappa shape index (κ2) is 7.14. The Morgan fingerprint density at radius 3 is 2.42 bits per heavy atom. The fraction of sp³-hybridized carbons (Fsp3) is 0.400. The molecule has 1 aromatic carbocycles. The Morgan fingerprint density at radius 1 is 1.17 bits per heavy atom. The highest BCUT2D eigenvalue weighted by atomic mass is 16.2. The Hall–Kier alpha value is -2.20. The molecule has 0 radical (unpaired) electrons. The van der Waals surface area contributed by atoms with Crippen molar-refractivity contribution in [2.24, 2.45) is 11.7 Å². The summed E-state index contributed by atoms with van der Waals surface area (Å²) in [5.41, 5.74) is 9.44. The molecule has 24 heavy (non-hydrogen) atoms. The van der Waals surface area contributed by atoms with Gasteiger partial charge in [0.05, 0.1) is 17.0 Å². The fourth-order valence-electron chi connectivity index (χ4n) is 3.36. The molecule has 0 spiro atoms. The molecule has 1 unspecified atom stereocenters. The second-order valence-electron chi connectivity index (χ2n) is 6.68. The molecule has 1 fully saturated rings. The highest BCUT2D eigenvalue weighted by Gasteiger charge is 2.26. The van der Waals surface area contributed by atoms with Crippen molar-refractivity contribution in [1.29, 1.82) is 0 Å². The van der Waals surface area contributed by atoms with Gasteiger partial charge in [-0.2, -0.15) is 0 Å². The van der Waals surface area contributed by atoms with Gasteiger partial charge in [0, 0.05) is 24.7 Å². The van der Waals surface area contributed by atoms with Crippen LogP contribution in [0.1, 0.15) is 35.8 Å². The minimum absolute atomic E-state index is 0.0859. The number of nitrogens with zero attached hydrogens (tertiary/aromatic N) is 2. The molecular formula is C20H25N3O. The zero-order chi connectivity index (χ0) is 17.1. The van der Waals surface area contributed by atoms with E-state index in [2.05, 4.69) is 11.9 Å². The number of hydrogen-bond donors (Lipinski definition) is 1. The molecule has 0 aliphatic carbocycles. The van der Waals surface area contributed by atoms with Crippen molar-refractivity contribution in [3.63, 3.8) is 0 Å². The third-order valence-corrected chi connectivity index (χ3v) is 4.96. The van der Waals surface area contributed by atoms with Gasteiger partial charge in [-0.3, -0.25) is 9.78 Å². The van der Waals surface area contributed by atoms with E-state index in [0.29, 0.717) is 11.5 Å². The molecule has 3 rings (SSSR count). The molecule has 4 nitrogen and oxygen atoms in total. The number of hydrogen-bond acceptors (Lipinski definition) is 3. The summed E-state index contributed by atoms with van der Waals surface area (Å²) in [6.45, 7) is 5.53. The molecular weight excluding hydrogens is 298 g/mol. The lowest BCUT2D eigenvalue weighted by Gasteiger charge is -2.34. The standard InChI is InChI=1S/C20H25N3O/c1-14(21)16-10-12-23(13-11-16)20(24)18-8-9-19(22-15(18)2)17-6-4-3-5-7-17/h3-9,14,16H,10-13,21H2,1-2H3. The van der Waals surface area contributed by atoms with Gasteiger partial charge in [-0.05, 0) is 44.7 Å². The number of aryl methyl sites for hydroxylation is 1. The molecule has 1 amide bonds. The van der Waals surface area contributed by atoms with Crippen LogP contribution in [0, 0.1) is 12.8 Å². The van der Waals surface area contributed by atoms with Gasteiger partial charge in [0.2, 0.25) is 0 Å². The first-order valence-electron chi connectivity index (χ1n) is 8.64. The summed E-state index contributed by atoms with van der Waals surface area (Å²) < 4.78 is 0. The molecule has 2 N–H and O–H groups in total. The van der Waals surface area contributed by atoms with Crippen LogP contribution in [0.25, 0.3) is 11.3 Å². The van der Waals surface area contributed by atoms with Crippen molar-refractivity contribution in [2.45, 2.75) is 32.7 Å². The van der Waals surface area contributed by atoms with Gasteiger partial charge >= 0.3 is 0 Å². The van der Waals surface area contributed by atoms with Crippen molar-refractivity contribution < 1.29 is 4.79 Å². The van der Waals surface area contributed by atoms with Gasteiger partial charge in [0.1, 0.15) is 0 Å². The Morgan fingerprint density at radius 2 is 1.83 bits per heavy atom. The fourth-order valence-corrected chi connectivity index (χ4v) is 3.36. The van der Waals surface area contributed by atoms with E-state index in [1.807, 2.05) is 54.3 Å². The van der Waals surface area contributed by atoms with E-state index in [4.69, 9.17) is 5.73 Å². The van der Waals surface area contributed by atoms with E-state index in [1.54, 1.807) is 0 Å². The number of piperidine rings is 1. The zero-order valence-electron chi connectivity index (χ0n) is 14.4. The van der Waals surface area contributed by atoms with Gasteiger partial charge in [-0.15, -0.1) is 0 Å². The molecule has 1 aliphatic heterocycles. The largest absolute Gasteiger partial charge is 0.339 e. The number of benzene rings is 1. The predicted molar refractivity (Wildman–Crippen MR) is 96.7 cm³/mol. The van der Waals surface area contributed by atoms with Gasteiger partial charge < -0.3 is 10.6 Å². The van der Waals surface area contributed by atoms with Crippen LogP contribution in [0.4, 0.5) is 0 Å². The van der Waals surface area contributed by atoms with Crippen molar-refractivity contribution in [1.82, 2.24) is 9.88 Å². The SMILES string of the molecule is Cc1nc(-c2ccccc2)ccc1C(=O)N1CCC(C(C)N)CC1. The Bertz CT molecular complexity index is 704. The third-order valence-electron chi connectivity index (χ3n) is 4.96. The normalized spacial score (nSPS) is 16.9. The van der Waals surface area contributed by atoms with E-state index in [9.17, 15) is 4.79 Å². The number of pyridine rings is 1.